The second kappa shape index (κ2) is 9.36. The Morgan fingerprint density at radius 1 is 1.21 bits per heavy atom. The Balaban J connectivity index is 2.47. The zero-order chi connectivity index (χ0) is 20.8. The van der Waals surface area contributed by atoms with Crippen LogP contribution in [0.25, 0.3) is 0 Å². The minimum atomic E-state index is -1.32. The average molecular weight is 389 g/mol. The molecule has 28 heavy (non-hydrogen) atoms. The van der Waals surface area contributed by atoms with Crippen molar-refractivity contribution in [3.8, 4) is 0 Å². The predicted molar refractivity (Wildman–Crippen MR) is 104 cm³/mol. The highest BCUT2D eigenvalue weighted by Gasteiger charge is 2.43. The van der Waals surface area contributed by atoms with Crippen molar-refractivity contribution in [1.29, 1.82) is 0 Å². The molecule has 4 N–H and O–H groups in total. The van der Waals surface area contributed by atoms with Crippen molar-refractivity contribution in [1.82, 2.24) is 5.32 Å². The number of amides is 2. The maximum atomic E-state index is 13.5. The van der Waals surface area contributed by atoms with Gasteiger partial charge in [0.2, 0.25) is 11.7 Å². The number of carbonyl (C=O) groups excluding carboxylic acids is 2. The van der Waals surface area contributed by atoms with Gasteiger partial charge >= 0.3 is 5.97 Å². The van der Waals surface area contributed by atoms with E-state index in [-0.39, 0.29) is 11.9 Å². The smallest absolute Gasteiger partial charge is 0.370 e. The van der Waals surface area contributed by atoms with Crippen LogP contribution in [-0.4, -0.2) is 47.1 Å². The number of hydrogen-bond donors (Lipinski definition) is 3. The van der Waals surface area contributed by atoms with Gasteiger partial charge in [0.05, 0.1) is 12.1 Å². The van der Waals surface area contributed by atoms with Crippen molar-refractivity contribution >= 4 is 23.5 Å². The number of carboxylic acid groups (broad SMARTS) is 1. The molecular formula is C20H27N3O5. The van der Waals surface area contributed by atoms with Crippen LogP contribution in [0.4, 0.5) is 5.69 Å². The summed E-state index contributed by atoms with van der Waals surface area (Å²) in [6, 6.07) is 7.22. The van der Waals surface area contributed by atoms with Gasteiger partial charge in [-0.3, -0.25) is 9.59 Å². The summed E-state index contributed by atoms with van der Waals surface area (Å²) in [7, 11) is 0. The largest absolute Gasteiger partial charge is 0.475 e. The monoisotopic (exact) mass is 389 g/mol. The first kappa shape index (κ1) is 21.4. The molecule has 1 aromatic rings. The first-order valence-electron chi connectivity index (χ1n) is 9.32. The zero-order valence-electron chi connectivity index (χ0n) is 16.3. The van der Waals surface area contributed by atoms with Crippen LogP contribution in [0.3, 0.4) is 0 Å². The van der Waals surface area contributed by atoms with Crippen LogP contribution in [0.15, 0.2) is 42.2 Å². The molecular weight excluding hydrogens is 362 g/mol. The van der Waals surface area contributed by atoms with E-state index in [0.29, 0.717) is 18.5 Å². The summed E-state index contributed by atoms with van der Waals surface area (Å²) >= 11 is 0. The van der Waals surface area contributed by atoms with Crippen molar-refractivity contribution < 1.29 is 24.2 Å². The molecule has 1 aromatic carbocycles. The average Bonchev–Trinajstić information content (AvgIpc) is 2.67. The molecule has 2 rings (SSSR count). The number of nitrogens with zero attached hydrogens (tertiary/aromatic N) is 1. The van der Waals surface area contributed by atoms with E-state index >= 15 is 0 Å². The number of benzene rings is 1. The zero-order valence-corrected chi connectivity index (χ0v) is 16.3. The van der Waals surface area contributed by atoms with Gasteiger partial charge < -0.3 is 25.8 Å². The number of hydrogen-bond acceptors (Lipinski definition) is 5. The Morgan fingerprint density at radius 3 is 2.32 bits per heavy atom. The first-order valence-corrected chi connectivity index (χ1v) is 9.32. The van der Waals surface area contributed by atoms with E-state index in [1.54, 1.807) is 17.0 Å². The Kier molecular flexibility index (Phi) is 7.17. The lowest BCUT2D eigenvalue weighted by Gasteiger charge is -2.39. The van der Waals surface area contributed by atoms with Crippen molar-refractivity contribution in [3.63, 3.8) is 0 Å². The molecule has 152 valence electrons. The summed E-state index contributed by atoms with van der Waals surface area (Å²) in [6.45, 7) is 5.25. The van der Waals surface area contributed by atoms with E-state index in [4.69, 9.17) is 10.5 Å². The van der Waals surface area contributed by atoms with Gasteiger partial charge in [-0.05, 0) is 31.1 Å². The summed E-state index contributed by atoms with van der Waals surface area (Å²) in [5, 5.41) is 11.9. The van der Waals surface area contributed by atoms with Crippen molar-refractivity contribution in [2.24, 2.45) is 5.73 Å². The van der Waals surface area contributed by atoms with Crippen LogP contribution in [0.5, 0.6) is 0 Å². The molecule has 0 radical (unpaired) electrons. The molecule has 1 aliphatic rings. The van der Waals surface area contributed by atoms with E-state index in [1.165, 1.54) is 13.0 Å². The van der Waals surface area contributed by atoms with Gasteiger partial charge in [-0.1, -0.05) is 32.0 Å². The highest BCUT2D eigenvalue weighted by Crippen LogP contribution is 2.26. The molecule has 8 nitrogen and oxygen atoms in total. The normalized spacial score (nSPS) is 21.5. The predicted octanol–water partition coefficient (Wildman–Crippen LogP) is 1.41. The molecule has 0 saturated heterocycles. The van der Waals surface area contributed by atoms with Gasteiger partial charge in [-0.2, -0.15) is 0 Å². The third-order valence-corrected chi connectivity index (χ3v) is 4.74. The molecule has 3 atom stereocenters. The number of aliphatic carboxylic acids is 1. The number of ether oxygens (including phenoxy) is 1. The van der Waals surface area contributed by atoms with Crippen LogP contribution in [0.1, 0.15) is 33.6 Å². The lowest BCUT2D eigenvalue weighted by atomic mass is 9.96. The molecule has 0 aromatic heterocycles. The number of carbonyl (C=O) groups is 3. The van der Waals surface area contributed by atoms with Crippen LogP contribution in [0.2, 0.25) is 0 Å². The fourth-order valence-corrected chi connectivity index (χ4v) is 3.36. The number of nitrogens with two attached hydrogens (primary N) is 1. The fraction of sp³-hybridized carbons (Fsp3) is 0.450. The maximum Gasteiger partial charge on any atom is 0.370 e. The lowest BCUT2D eigenvalue weighted by Crippen LogP contribution is -2.62. The summed E-state index contributed by atoms with van der Waals surface area (Å²) in [5.41, 5.74) is 6.73. The van der Waals surface area contributed by atoms with Gasteiger partial charge in [-0.15, -0.1) is 0 Å². The second-order valence-corrected chi connectivity index (χ2v) is 6.69. The molecule has 0 saturated carbocycles. The number of para-hydroxylation sites is 1. The molecule has 1 unspecified atom stereocenters. The number of rotatable bonds is 7. The number of nitrogens with one attached hydrogen (secondary N) is 1. The van der Waals surface area contributed by atoms with Crippen LogP contribution < -0.4 is 16.0 Å². The molecule has 0 aliphatic carbocycles. The van der Waals surface area contributed by atoms with Crippen LogP contribution in [-0.2, 0) is 19.1 Å². The Hall–Kier alpha value is -2.87. The lowest BCUT2D eigenvalue weighted by molar-refractivity contribution is -0.142. The summed E-state index contributed by atoms with van der Waals surface area (Å²) in [4.78, 5) is 38.2. The van der Waals surface area contributed by atoms with Gasteiger partial charge in [0.25, 0.3) is 5.91 Å². The SMILES string of the molecule is CCC(CC)N(C(=O)[C@@H]1OC(C(=O)O)=CC(N)[C@H]1NC(C)=O)c1ccccc1. The minimum absolute atomic E-state index is 0.119. The topological polar surface area (TPSA) is 122 Å². The third-order valence-electron chi connectivity index (χ3n) is 4.74. The minimum Gasteiger partial charge on any atom is -0.475 e. The second-order valence-electron chi connectivity index (χ2n) is 6.69. The molecule has 0 spiro atoms. The Bertz CT molecular complexity index is 745. The number of carboxylic acids is 1. The molecule has 2 amide bonds. The van der Waals surface area contributed by atoms with E-state index < -0.39 is 35.8 Å². The maximum absolute atomic E-state index is 13.5. The Labute approximate surface area is 164 Å². The molecule has 0 bridgehead atoms. The van der Waals surface area contributed by atoms with Crippen molar-refractivity contribution in [2.75, 3.05) is 4.90 Å². The van der Waals surface area contributed by atoms with Gasteiger partial charge in [0, 0.05) is 18.7 Å². The van der Waals surface area contributed by atoms with Crippen molar-refractivity contribution in [2.45, 2.75) is 57.8 Å². The Morgan fingerprint density at radius 2 is 1.82 bits per heavy atom. The summed E-state index contributed by atoms with van der Waals surface area (Å²) in [6.07, 6.45) is 1.34. The standard InChI is InChI=1S/C20H27N3O5/c1-4-13(5-2)23(14-9-7-6-8-10-14)19(25)18-17(22-12(3)24)15(21)11-16(28-18)20(26)27/h6-11,13,15,17-18H,4-5,21H2,1-3H3,(H,22,24)(H,26,27)/t15?,17-,18-/m1/s1. The molecule has 0 fully saturated rings. The van der Waals surface area contributed by atoms with Crippen molar-refractivity contribution in [3.05, 3.63) is 42.2 Å². The van der Waals surface area contributed by atoms with E-state index in [0.717, 1.165) is 0 Å². The quantitative estimate of drug-likeness (QED) is 0.648. The third kappa shape index (κ3) is 4.69. The highest BCUT2D eigenvalue weighted by atomic mass is 16.5. The highest BCUT2D eigenvalue weighted by molar-refractivity contribution is 5.99. The number of anilines is 1. The van der Waals surface area contributed by atoms with Crippen LogP contribution >= 0.6 is 0 Å². The molecule has 8 heteroatoms. The van der Waals surface area contributed by atoms with E-state index in [1.807, 2.05) is 32.0 Å². The first-order chi connectivity index (χ1) is 13.3. The summed E-state index contributed by atoms with van der Waals surface area (Å²) < 4.78 is 5.51. The molecule has 1 heterocycles. The fourth-order valence-electron chi connectivity index (χ4n) is 3.36. The summed E-state index contributed by atoms with van der Waals surface area (Å²) in [5.74, 6) is -2.54. The van der Waals surface area contributed by atoms with Gasteiger partial charge in [0.15, 0.2) is 6.10 Å². The molecule has 1 aliphatic heterocycles. The van der Waals surface area contributed by atoms with E-state index in [9.17, 15) is 19.5 Å². The van der Waals surface area contributed by atoms with Gasteiger partial charge in [0.1, 0.15) is 0 Å². The van der Waals surface area contributed by atoms with E-state index in [2.05, 4.69) is 5.32 Å². The van der Waals surface area contributed by atoms with Crippen LogP contribution in [0, 0.1) is 0 Å². The van der Waals surface area contributed by atoms with Gasteiger partial charge in [-0.25, -0.2) is 4.79 Å².